The maximum absolute atomic E-state index is 13.5. The Labute approximate surface area is 266 Å². The molecule has 44 heavy (non-hydrogen) atoms. The molecular formula is C35H33FN6S2. The lowest BCUT2D eigenvalue weighted by atomic mass is 10.0. The van der Waals surface area contributed by atoms with Crippen LogP contribution in [-0.2, 0) is 6.42 Å². The number of hydrogen-bond acceptors (Lipinski definition) is 4. The van der Waals surface area contributed by atoms with Crippen LogP contribution in [0.4, 0.5) is 15.8 Å². The lowest BCUT2D eigenvalue weighted by Gasteiger charge is -2.15. The predicted octanol–water partition coefficient (Wildman–Crippen LogP) is 9.65. The second-order valence-corrected chi connectivity index (χ2v) is 11.9. The van der Waals surface area contributed by atoms with Crippen LogP contribution in [0.2, 0.25) is 0 Å². The van der Waals surface area contributed by atoms with Crippen molar-refractivity contribution in [3.05, 3.63) is 141 Å². The van der Waals surface area contributed by atoms with E-state index in [0.717, 1.165) is 62.8 Å². The zero-order valence-electron chi connectivity index (χ0n) is 24.7. The maximum atomic E-state index is 13.5. The Balaban J connectivity index is 1.28. The summed E-state index contributed by atoms with van der Waals surface area (Å²) in [5, 5.41) is 0. The van der Waals surface area contributed by atoms with Gasteiger partial charge in [-0.2, -0.15) is 0 Å². The molecule has 0 saturated heterocycles. The Morgan fingerprint density at radius 2 is 1.30 bits per heavy atom. The number of nitrogens with one attached hydrogen (secondary N) is 4. The van der Waals surface area contributed by atoms with Crippen molar-refractivity contribution in [2.45, 2.75) is 33.1 Å². The van der Waals surface area contributed by atoms with Gasteiger partial charge in [0.15, 0.2) is 9.54 Å². The number of aromatic nitrogens is 4. The second kappa shape index (κ2) is 12.5. The molecule has 0 saturated carbocycles. The topological polar surface area (TPSA) is 65.5 Å². The maximum Gasteiger partial charge on any atom is 0.197 e. The summed E-state index contributed by atoms with van der Waals surface area (Å²) in [5.74, 6) is -0.0108. The van der Waals surface area contributed by atoms with E-state index in [4.69, 9.17) is 24.4 Å². The van der Waals surface area contributed by atoms with Gasteiger partial charge in [0, 0.05) is 22.5 Å². The van der Waals surface area contributed by atoms with Gasteiger partial charge >= 0.3 is 0 Å². The minimum atomic E-state index is -0.287. The molecule has 0 unspecified atom stereocenters. The van der Waals surface area contributed by atoms with Gasteiger partial charge in [0.1, 0.15) is 5.82 Å². The van der Waals surface area contributed by atoms with E-state index in [-0.39, 0.29) is 11.7 Å². The Hall–Kier alpha value is -4.73. The first-order chi connectivity index (χ1) is 21.3. The predicted molar refractivity (Wildman–Crippen MR) is 183 cm³/mol. The third-order valence-electron chi connectivity index (χ3n) is 7.49. The average molecular weight is 621 g/mol. The van der Waals surface area contributed by atoms with Gasteiger partial charge in [-0.15, -0.1) is 0 Å². The standard InChI is InChI=1S/C35H33FN6S2/c1-22(2)31-33(26-11-5-4-6-12-26)42(35(44)38-31)40-30-14-8-10-25(21-30)19-24-9-7-13-27(20-24)32-23(3)37-34(43)41(32)39-29-17-15-28(36)16-18-29/h4-18,20-22,39-40H,19H2,1-3H3,(H,37,43)(H,38,44). The lowest BCUT2D eigenvalue weighted by Crippen LogP contribution is -2.11. The summed E-state index contributed by atoms with van der Waals surface area (Å²) in [6, 6.07) is 33.4. The van der Waals surface area contributed by atoms with Gasteiger partial charge in [0.25, 0.3) is 0 Å². The van der Waals surface area contributed by atoms with Crippen LogP contribution in [0, 0.1) is 22.3 Å². The molecule has 6 nitrogen and oxygen atoms in total. The van der Waals surface area contributed by atoms with E-state index in [1.54, 1.807) is 12.1 Å². The van der Waals surface area contributed by atoms with E-state index in [1.807, 2.05) is 34.5 Å². The van der Waals surface area contributed by atoms with Crippen LogP contribution in [0.25, 0.3) is 22.5 Å². The molecule has 2 aromatic heterocycles. The minimum Gasteiger partial charge on any atom is -0.333 e. The number of imidazole rings is 2. The first-order valence-corrected chi connectivity index (χ1v) is 15.3. The third-order valence-corrected chi connectivity index (χ3v) is 8.06. The number of hydrogen-bond donors (Lipinski definition) is 4. The second-order valence-electron chi connectivity index (χ2n) is 11.1. The van der Waals surface area contributed by atoms with Gasteiger partial charge in [0.2, 0.25) is 0 Å². The minimum absolute atomic E-state index is 0.276. The van der Waals surface area contributed by atoms with Gasteiger partial charge < -0.3 is 9.97 Å². The number of H-pyrrole nitrogens is 2. The number of anilines is 2. The van der Waals surface area contributed by atoms with E-state index in [9.17, 15) is 4.39 Å². The van der Waals surface area contributed by atoms with Gasteiger partial charge in [-0.3, -0.25) is 10.9 Å². The number of nitrogens with zero attached hydrogens (tertiary/aromatic N) is 2. The van der Waals surface area contributed by atoms with Crippen molar-refractivity contribution in [3.8, 4) is 22.5 Å². The van der Waals surface area contributed by atoms with Gasteiger partial charge in [-0.05, 0) is 97.3 Å². The molecule has 4 aromatic carbocycles. The summed E-state index contributed by atoms with van der Waals surface area (Å²) in [4.78, 5) is 6.67. The van der Waals surface area contributed by atoms with E-state index >= 15 is 0 Å². The van der Waals surface area contributed by atoms with Crippen LogP contribution in [-0.4, -0.2) is 19.3 Å². The molecule has 222 valence electrons. The van der Waals surface area contributed by atoms with Crippen molar-refractivity contribution in [2.75, 3.05) is 10.9 Å². The molecule has 0 aliphatic heterocycles. The summed E-state index contributed by atoms with van der Waals surface area (Å²) in [6.45, 7) is 6.32. The number of aryl methyl sites for hydroxylation is 1. The first kappa shape index (κ1) is 29.3. The van der Waals surface area contributed by atoms with Crippen LogP contribution in [0.15, 0.2) is 103 Å². The van der Waals surface area contributed by atoms with E-state index in [0.29, 0.717) is 9.54 Å². The van der Waals surface area contributed by atoms with E-state index < -0.39 is 0 Å². The van der Waals surface area contributed by atoms with Crippen LogP contribution in [0.1, 0.15) is 42.3 Å². The Morgan fingerprint density at radius 1 is 0.682 bits per heavy atom. The van der Waals surface area contributed by atoms with Crippen molar-refractivity contribution in [1.29, 1.82) is 0 Å². The van der Waals surface area contributed by atoms with Crippen molar-refractivity contribution >= 4 is 35.8 Å². The molecule has 0 amide bonds. The molecule has 0 fully saturated rings. The zero-order chi connectivity index (χ0) is 30.8. The Bertz CT molecular complexity index is 2030. The van der Waals surface area contributed by atoms with E-state index in [2.05, 4.69) is 95.3 Å². The largest absolute Gasteiger partial charge is 0.333 e. The molecule has 0 radical (unpaired) electrons. The van der Waals surface area contributed by atoms with Crippen molar-refractivity contribution in [3.63, 3.8) is 0 Å². The summed E-state index contributed by atoms with van der Waals surface area (Å²) >= 11 is 11.4. The fraction of sp³-hybridized carbons (Fsp3) is 0.143. The van der Waals surface area contributed by atoms with Crippen molar-refractivity contribution < 1.29 is 4.39 Å². The first-order valence-electron chi connectivity index (χ1n) is 14.5. The summed E-state index contributed by atoms with van der Waals surface area (Å²) in [7, 11) is 0. The number of halogens is 1. The lowest BCUT2D eigenvalue weighted by molar-refractivity contribution is 0.628. The normalized spacial score (nSPS) is 11.2. The van der Waals surface area contributed by atoms with Crippen molar-refractivity contribution in [1.82, 2.24) is 19.3 Å². The molecule has 0 spiro atoms. The fourth-order valence-electron chi connectivity index (χ4n) is 5.45. The highest BCUT2D eigenvalue weighted by molar-refractivity contribution is 7.71. The van der Waals surface area contributed by atoms with Crippen LogP contribution in [0.5, 0.6) is 0 Å². The molecule has 0 aliphatic carbocycles. The quantitative estimate of drug-likeness (QED) is 0.122. The van der Waals surface area contributed by atoms with Crippen LogP contribution >= 0.6 is 24.4 Å². The number of benzene rings is 4. The highest BCUT2D eigenvalue weighted by Gasteiger charge is 2.17. The van der Waals surface area contributed by atoms with Gasteiger partial charge in [-0.25, -0.2) is 13.7 Å². The van der Waals surface area contributed by atoms with Crippen LogP contribution < -0.4 is 10.9 Å². The highest BCUT2D eigenvalue weighted by atomic mass is 32.1. The molecule has 6 aromatic rings. The monoisotopic (exact) mass is 620 g/mol. The van der Waals surface area contributed by atoms with Crippen LogP contribution in [0.3, 0.4) is 0 Å². The molecular weight excluding hydrogens is 588 g/mol. The summed E-state index contributed by atoms with van der Waals surface area (Å²) < 4.78 is 18.4. The van der Waals surface area contributed by atoms with Gasteiger partial charge in [0.05, 0.1) is 22.8 Å². The molecule has 0 aliphatic rings. The Kier molecular flexibility index (Phi) is 8.32. The molecule has 0 bridgehead atoms. The van der Waals surface area contributed by atoms with Gasteiger partial charge in [-0.1, -0.05) is 74.5 Å². The fourth-order valence-corrected chi connectivity index (χ4v) is 5.99. The summed E-state index contributed by atoms with van der Waals surface area (Å²) in [6.07, 6.45) is 0.736. The molecule has 2 heterocycles. The average Bonchev–Trinajstić information content (AvgIpc) is 3.49. The summed E-state index contributed by atoms with van der Waals surface area (Å²) in [5.41, 5.74) is 17.0. The van der Waals surface area contributed by atoms with Crippen molar-refractivity contribution in [2.24, 2.45) is 0 Å². The Morgan fingerprint density at radius 3 is 2.02 bits per heavy atom. The third kappa shape index (κ3) is 6.15. The highest BCUT2D eigenvalue weighted by Crippen LogP contribution is 2.30. The zero-order valence-corrected chi connectivity index (χ0v) is 26.3. The number of aromatic amines is 2. The number of rotatable bonds is 9. The molecule has 0 atom stereocenters. The SMILES string of the molecule is Cc1[nH]c(=S)n(Nc2ccc(F)cc2)c1-c1cccc(Cc2cccc(Nn3c(-c4ccccc4)c(C(C)C)[nH]c3=S)c2)c1. The smallest absolute Gasteiger partial charge is 0.197 e. The van der Waals surface area contributed by atoms with E-state index in [1.165, 1.54) is 12.1 Å². The molecule has 9 heteroatoms. The molecule has 4 N–H and O–H groups in total. The molecule has 6 rings (SSSR count).